The van der Waals surface area contributed by atoms with Crippen LogP contribution in [-0.2, 0) is 4.79 Å². The summed E-state index contributed by atoms with van der Waals surface area (Å²) in [6.45, 7) is 10.6. The number of ketones is 1. The standard InChI is InChI=1S/C12H16O/c1-7-6-10(13)12(5)9(3)8(2)11(7,12)4/h6H,1-5H3. The van der Waals surface area contributed by atoms with Crippen molar-refractivity contribution in [1.82, 2.24) is 0 Å². The number of carbonyl (C=O) groups excluding carboxylic acids is 1. The van der Waals surface area contributed by atoms with Gasteiger partial charge < -0.3 is 0 Å². The van der Waals surface area contributed by atoms with E-state index in [1.54, 1.807) is 0 Å². The first kappa shape index (κ1) is 8.74. The van der Waals surface area contributed by atoms with Crippen LogP contribution in [0.1, 0.15) is 34.6 Å². The lowest BCUT2D eigenvalue weighted by Crippen LogP contribution is -2.50. The fourth-order valence-electron chi connectivity index (χ4n) is 3.04. The van der Waals surface area contributed by atoms with Crippen molar-refractivity contribution in [1.29, 1.82) is 0 Å². The number of rotatable bonds is 0. The quantitative estimate of drug-likeness (QED) is 0.519. The van der Waals surface area contributed by atoms with Gasteiger partial charge in [0.15, 0.2) is 5.78 Å². The van der Waals surface area contributed by atoms with Gasteiger partial charge in [-0.15, -0.1) is 0 Å². The predicted molar refractivity (Wildman–Crippen MR) is 53.4 cm³/mol. The minimum atomic E-state index is -0.221. The van der Waals surface area contributed by atoms with Crippen LogP contribution in [0, 0.1) is 10.8 Å². The minimum Gasteiger partial charge on any atom is -0.294 e. The fourth-order valence-corrected chi connectivity index (χ4v) is 3.04. The summed E-state index contributed by atoms with van der Waals surface area (Å²) in [5.41, 5.74) is 3.68. The zero-order valence-corrected chi connectivity index (χ0v) is 8.99. The number of hydrogen-bond donors (Lipinski definition) is 0. The lowest BCUT2D eigenvalue weighted by atomic mass is 9.48. The summed E-state index contributed by atoms with van der Waals surface area (Å²) in [5.74, 6) is 0.288. The van der Waals surface area contributed by atoms with E-state index in [-0.39, 0.29) is 16.6 Å². The first-order valence-corrected chi connectivity index (χ1v) is 4.78. The minimum absolute atomic E-state index is 0.0220. The second kappa shape index (κ2) is 1.97. The van der Waals surface area contributed by atoms with Gasteiger partial charge in [-0.25, -0.2) is 0 Å². The summed E-state index contributed by atoms with van der Waals surface area (Å²) in [6, 6.07) is 0. The number of hydrogen-bond acceptors (Lipinski definition) is 1. The van der Waals surface area contributed by atoms with Crippen LogP contribution in [0.15, 0.2) is 22.8 Å². The Bertz CT molecular complexity index is 373. The third-order valence-electron chi connectivity index (χ3n) is 4.69. The molecule has 1 heteroatoms. The molecule has 0 saturated heterocycles. The van der Waals surface area contributed by atoms with Crippen LogP contribution in [0.2, 0.25) is 0 Å². The Labute approximate surface area is 79.5 Å². The zero-order valence-electron chi connectivity index (χ0n) is 8.99. The molecule has 2 atom stereocenters. The zero-order chi connectivity index (χ0) is 10.0. The molecule has 0 spiro atoms. The van der Waals surface area contributed by atoms with E-state index in [1.165, 1.54) is 16.7 Å². The Hall–Kier alpha value is -0.850. The average Bonchev–Trinajstić information content (AvgIpc) is 2.26. The van der Waals surface area contributed by atoms with Crippen LogP contribution in [-0.4, -0.2) is 5.78 Å². The molecule has 70 valence electrons. The monoisotopic (exact) mass is 176 g/mol. The Morgan fingerprint density at radius 3 is 1.92 bits per heavy atom. The van der Waals surface area contributed by atoms with Crippen LogP contribution < -0.4 is 0 Å². The van der Waals surface area contributed by atoms with Crippen molar-refractivity contribution in [3.8, 4) is 0 Å². The first-order valence-electron chi connectivity index (χ1n) is 4.78. The molecule has 0 N–H and O–H groups in total. The van der Waals surface area contributed by atoms with Gasteiger partial charge in [0.25, 0.3) is 0 Å². The smallest absolute Gasteiger partial charge is 0.166 e. The summed E-state index contributed by atoms with van der Waals surface area (Å²) < 4.78 is 0. The predicted octanol–water partition coefficient (Wildman–Crippen LogP) is 2.88. The van der Waals surface area contributed by atoms with Crippen molar-refractivity contribution in [2.24, 2.45) is 10.8 Å². The first-order chi connectivity index (χ1) is 5.86. The second-order valence-corrected chi connectivity index (χ2v) is 4.69. The second-order valence-electron chi connectivity index (χ2n) is 4.69. The third kappa shape index (κ3) is 0.579. The Morgan fingerprint density at radius 1 is 1.00 bits per heavy atom. The lowest BCUT2D eigenvalue weighted by Gasteiger charge is -2.53. The summed E-state index contributed by atoms with van der Waals surface area (Å²) in [5, 5.41) is 0. The highest BCUT2D eigenvalue weighted by atomic mass is 16.1. The molecule has 2 aliphatic rings. The summed E-state index contributed by atoms with van der Waals surface area (Å²) in [4.78, 5) is 11.8. The van der Waals surface area contributed by atoms with Crippen LogP contribution in [0.4, 0.5) is 0 Å². The maximum absolute atomic E-state index is 11.8. The van der Waals surface area contributed by atoms with Gasteiger partial charge in [-0.3, -0.25) is 4.79 Å². The van der Waals surface area contributed by atoms with Gasteiger partial charge in [0, 0.05) is 5.41 Å². The highest BCUT2D eigenvalue weighted by molar-refractivity contribution is 6.04. The van der Waals surface area contributed by atoms with Crippen molar-refractivity contribution in [2.45, 2.75) is 34.6 Å². The molecular weight excluding hydrogens is 160 g/mol. The van der Waals surface area contributed by atoms with Crippen molar-refractivity contribution in [3.63, 3.8) is 0 Å². The van der Waals surface area contributed by atoms with E-state index >= 15 is 0 Å². The van der Waals surface area contributed by atoms with Crippen molar-refractivity contribution in [2.75, 3.05) is 0 Å². The molecule has 0 aromatic rings. The molecule has 0 aliphatic heterocycles. The molecule has 2 rings (SSSR count). The largest absolute Gasteiger partial charge is 0.294 e. The van der Waals surface area contributed by atoms with Crippen LogP contribution in [0.25, 0.3) is 0 Å². The SMILES string of the molecule is CC1=CC(=O)C2(C)C(C)=C(C)C12C. The van der Waals surface area contributed by atoms with E-state index in [1.807, 2.05) is 6.08 Å². The van der Waals surface area contributed by atoms with E-state index in [9.17, 15) is 4.79 Å². The molecule has 0 aromatic carbocycles. The van der Waals surface area contributed by atoms with Gasteiger partial charge >= 0.3 is 0 Å². The van der Waals surface area contributed by atoms with Gasteiger partial charge in [-0.05, 0) is 33.8 Å². The lowest BCUT2D eigenvalue weighted by molar-refractivity contribution is -0.124. The molecular formula is C12H16O. The molecule has 0 heterocycles. The van der Waals surface area contributed by atoms with Crippen molar-refractivity contribution in [3.05, 3.63) is 22.8 Å². The van der Waals surface area contributed by atoms with Gasteiger partial charge in [0.1, 0.15) is 0 Å². The highest BCUT2D eigenvalue weighted by Gasteiger charge is 2.63. The van der Waals surface area contributed by atoms with Crippen LogP contribution >= 0.6 is 0 Å². The number of fused-ring (bicyclic) bond motifs is 1. The van der Waals surface area contributed by atoms with E-state index in [0.29, 0.717) is 0 Å². The van der Waals surface area contributed by atoms with Gasteiger partial charge in [-0.2, -0.15) is 0 Å². The molecule has 0 fully saturated rings. The summed E-state index contributed by atoms with van der Waals surface area (Å²) >= 11 is 0. The summed E-state index contributed by atoms with van der Waals surface area (Å²) in [7, 11) is 0. The average molecular weight is 176 g/mol. The van der Waals surface area contributed by atoms with Gasteiger partial charge in [0.05, 0.1) is 5.41 Å². The molecule has 0 amide bonds. The fraction of sp³-hybridized carbons (Fsp3) is 0.583. The molecule has 0 saturated carbocycles. The normalized spacial score (nSPS) is 43.2. The molecule has 0 bridgehead atoms. The van der Waals surface area contributed by atoms with Crippen molar-refractivity contribution >= 4 is 5.78 Å². The number of allylic oxidation sites excluding steroid dienone is 4. The molecule has 13 heavy (non-hydrogen) atoms. The topological polar surface area (TPSA) is 17.1 Å². The maximum atomic E-state index is 11.8. The maximum Gasteiger partial charge on any atom is 0.166 e. The Morgan fingerprint density at radius 2 is 1.46 bits per heavy atom. The Balaban J connectivity index is 2.69. The highest BCUT2D eigenvalue weighted by Crippen LogP contribution is 2.67. The third-order valence-corrected chi connectivity index (χ3v) is 4.69. The van der Waals surface area contributed by atoms with Gasteiger partial charge in [-0.1, -0.05) is 23.6 Å². The molecule has 2 unspecified atom stereocenters. The van der Waals surface area contributed by atoms with E-state index in [2.05, 4.69) is 34.6 Å². The van der Waals surface area contributed by atoms with Crippen molar-refractivity contribution < 1.29 is 4.79 Å². The van der Waals surface area contributed by atoms with Crippen LogP contribution in [0.3, 0.4) is 0 Å². The van der Waals surface area contributed by atoms with E-state index in [4.69, 9.17) is 0 Å². The van der Waals surface area contributed by atoms with E-state index in [0.717, 1.165) is 0 Å². The number of carbonyl (C=O) groups is 1. The van der Waals surface area contributed by atoms with E-state index < -0.39 is 0 Å². The Kier molecular flexibility index (Phi) is 1.32. The van der Waals surface area contributed by atoms with Gasteiger partial charge in [0.2, 0.25) is 0 Å². The molecule has 1 nitrogen and oxygen atoms in total. The summed E-state index contributed by atoms with van der Waals surface area (Å²) in [6.07, 6.45) is 1.82. The molecule has 0 aromatic heterocycles. The van der Waals surface area contributed by atoms with Crippen LogP contribution in [0.5, 0.6) is 0 Å². The molecule has 0 radical (unpaired) electrons. The molecule has 2 aliphatic carbocycles.